The first-order chi connectivity index (χ1) is 19.0. The summed E-state index contributed by atoms with van der Waals surface area (Å²) in [6, 6.07) is 4.39. The Labute approximate surface area is 241 Å². The number of halogens is 2. The zero-order chi connectivity index (χ0) is 28.4. The lowest BCUT2D eigenvalue weighted by Gasteiger charge is -2.34. The molecule has 2 N–H and O–H groups in total. The van der Waals surface area contributed by atoms with Crippen molar-refractivity contribution in [1.29, 1.82) is 0 Å². The Kier molecular flexibility index (Phi) is 6.46. The molecule has 2 saturated heterocycles. The number of aromatic nitrogens is 2. The number of likely N-dealkylation sites (tertiary alicyclic amines) is 1. The molecule has 4 heterocycles. The zero-order valence-electron chi connectivity index (χ0n) is 22.1. The van der Waals surface area contributed by atoms with E-state index in [4.69, 9.17) is 23.2 Å². The molecule has 1 aromatic carbocycles. The Morgan fingerprint density at radius 3 is 2.58 bits per heavy atom. The lowest BCUT2D eigenvalue weighted by atomic mass is 10.0. The standard InChI is InChI=1S/C28H30Cl2N6O4/c1-16-6-7-21(23(37)33-16)36-24(38)19-4-3-5-20(22(19)25(36)39)31-12-17-13-32-35(14-17)18-8-10-34(11-9-18)26(40)27(2)15-28(27,29)30/h3-5,13-14,18,21,31H,1,6-12,15H2,2H3,(H,33,37)/t21?,27-/m0/s1. The van der Waals surface area contributed by atoms with Gasteiger partial charge < -0.3 is 15.5 Å². The molecule has 0 spiro atoms. The average molecular weight is 585 g/mol. The number of anilines is 1. The SMILES string of the molecule is C=C1CCC(N2C(=O)c3cccc(NCc4cnn(C5CCN(C(=O)[C@]6(C)CC6(Cl)Cl)CC5)c4)c3C2=O)C(=O)N1. The van der Waals surface area contributed by atoms with Gasteiger partial charge in [0.2, 0.25) is 11.8 Å². The number of hydrogen-bond acceptors (Lipinski definition) is 6. The van der Waals surface area contributed by atoms with Crippen LogP contribution in [0.1, 0.15) is 71.3 Å². The smallest absolute Gasteiger partial charge is 0.264 e. The van der Waals surface area contributed by atoms with Gasteiger partial charge in [0.25, 0.3) is 11.8 Å². The van der Waals surface area contributed by atoms with E-state index in [1.807, 2.05) is 22.7 Å². The number of amides is 4. The predicted molar refractivity (Wildman–Crippen MR) is 149 cm³/mol. The van der Waals surface area contributed by atoms with E-state index in [0.717, 1.165) is 23.3 Å². The number of allylic oxidation sites excluding steroid dienone is 1. The van der Waals surface area contributed by atoms with Gasteiger partial charge in [0.1, 0.15) is 10.4 Å². The fourth-order valence-corrected chi connectivity index (χ4v) is 6.62. The van der Waals surface area contributed by atoms with E-state index < -0.39 is 33.5 Å². The van der Waals surface area contributed by atoms with E-state index in [1.54, 1.807) is 24.4 Å². The largest absolute Gasteiger partial charge is 0.380 e. The molecule has 40 heavy (non-hydrogen) atoms. The number of benzene rings is 1. The van der Waals surface area contributed by atoms with Crippen LogP contribution in [-0.4, -0.2) is 66.7 Å². The van der Waals surface area contributed by atoms with Crippen molar-refractivity contribution in [1.82, 2.24) is 24.9 Å². The van der Waals surface area contributed by atoms with Gasteiger partial charge in [-0.2, -0.15) is 5.10 Å². The monoisotopic (exact) mass is 584 g/mol. The van der Waals surface area contributed by atoms with Gasteiger partial charge in [-0.1, -0.05) is 12.6 Å². The Morgan fingerprint density at radius 1 is 1.18 bits per heavy atom. The lowest BCUT2D eigenvalue weighted by molar-refractivity contribution is -0.137. The minimum atomic E-state index is -0.972. The maximum Gasteiger partial charge on any atom is 0.264 e. The first-order valence-electron chi connectivity index (χ1n) is 13.4. The van der Waals surface area contributed by atoms with Crippen molar-refractivity contribution in [2.75, 3.05) is 18.4 Å². The summed E-state index contributed by atoms with van der Waals surface area (Å²) < 4.78 is 0.951. The molecule has 1 unspecified atom stereocenters. The molecule has 2 atom stereocenters. The van der Waals surface area contributed by atoms with Crippen molar-refractivity contribution in [3.05, 3.63) is 59.6 Å². The minimum Gasteiger partial charge on any atom is -0.380 e. The van der Waals surface area contributed by atoms with Crippen molar-refractivity contribution in [2.24, 2.45) is 5.41 Å². The van der Waals surface area contributed by atoms with Gasteiger partial charge in [0.05, 0.1) is 28.8 Å². The average Bonchev–Trinajstić information content (AvgIpc) is 3.22. The van der Waals surface area contributed by atoms with Crippen LogP contribution < -0.4 is 10.6 Å². The van der Waals surface area contributed by atoms with Gasteiger partial charge in [-0.3, -0.25) is 28.8 Å². The first-order valence-corrected chi connectivity index (χ1v) is 14.2. The van der Waals surface area contributed by atoms with Crippen LogP contribution in [0.4, 0.5) is 5.69 Å². The van der Waals surface area contributed by atoms with Crippen LogP contribution in [0.5, 0.6) is 0 Å². The van der Waals surface area contributed by atoms with E-state index in [9.17, 15) is 19.2 Å². The Bertz CT molecular complexity index is 1450. The second kappa shape index (κ2) is 9.62. The molecule has 12 heteroatoms. The number of nitrogens with zero attached hydrogens (tertiary/aromatic N) is 4. The van der Waals surface area contributed by atoms with Crippen LogP contribution >= 0.6 is 23.2 Å². The maximum absolute atomic E-state index is 13.4. The van der Waals surface area contributed by atoms with E-state index in [0.29, 0.717) is 50.3 Å². The highest BCUT2D eigenvalue weighted by Gasteiger charge is 2.68. The van der Waals surface area contributed by atoms with Gasteiger partial charge in [-0.25, -0.2) is 0 Å². The van der Waals surface area contributed by atoms with Crippen molar-refractivity contribution in [2.45, 2.75) is 62.0 Å². The fraction of sp³-hybridized carbons (Fsp3) is 0.464. The Balaban J connectivity index is 1.09. The van der Waals surface area contributed by atoms with E-state index in [2.05, 4.69) is 22.3 Å². The Hall–Kier alpha value is -3.37. The molecule has 1 aromatic heterocycles. The number of carbonyl (C=O) groups is 4. The highest BCUT2D eigenvalue weighted by atomic mass is 35.5. The molecule has 2 aromatic rings. The second-order valence-electron chi connectivity index (χ2n) is 11.3. The third kappa shape index (κ3) is 4.37. The van der Waals surface area contributed by atoms with Gasteiger partial charge in [0.15, 0.2) is 0 Å². The summed E-state index contributed by atoms with van der Waals surface area (Å²) in [7, 11) is 0. The number of nitrogens with one attached hydrogen (secondary N) is 2. The van der Waals surface area contributed by atoms with Crippen molar-refractivity contribution >= 4 is 52.5 Å². The highest BCUT2D eigenvalue weighted by molar-refractivity contribution is 6.53. The molecule has 4 aliphatic rings. The van der Waals surface area contributed by atoms with Crippen LogP contribution in [0.25, 0.3) is 0 Å². The highest BCUT2D eigenvalue weighted by Crippen LogP contribution is 2.64. The van der Waals surface area contributed by atoms with Crippen molar-refractivity contribution in [3.63, 3.8) is 0 Å². The molecule has 3 aliphatic heterocycles. The van der Waals surface area contributed by atoms with Gasteiger partial charge in [-0.05, 0) is 51.2 Å². The number of carbonyl (C=O) groups excluding carboxylic acids is 4. The maximum atomic E-state index is 13.4. The molecule has 210 valence electrons. The lowest BCUT2D eigenvalue weighted by Crippen LogP contribution is -2.51. The first kappa shape index (κ1) is 26.8. The fourth-order valence-electron chi connectivity index (χ4n) is 5.92. The summed E-state index contributed by atoms with van der Waals surface area (Å²) in [5.74, 6) is -1.32. The molecule has 3 fully saturated rings. The van der Waals surface area contributed by atoms with E-state index >= 15 is 0 Å². The summed E-state index contributed by atoms with van der Waals surface area (Å²) in [6.45, 7) is 7.22. The number of alkyl halides is 2. The summed E-state index contributed by atoms with van der Waals surface area (Å²) in [5, 5.41) is 10.5. The predicted octanol–water partition coefficient (Wildman–Crippen LogP) is 3.63. The molecule has 6 rings (SSSR count). The van der Waals surface area contributed by atoms with Crippen molar-refractivity contribution in [3.8, 4) is 0 Å². The quantitative estimate of drug-likeness (QED) is 0.395. The van der Waals surface area contributed by atoms with Crippen LogP contribution in [0.3, 0.4) is 0 Å². The molecular formula is C28H30Cl2N6O4. The number of piperidine rings is 2. The van der Waals surface area contributed by atoms with Gasteiger partial charge in [-0.15, -0.1) is 23.2 Å². The number of imide groups is 1. The third-order valence-electron chi connectivity index (χ3n) is 8.57. The summed E-state index contributed by atoms with van der Waals surface area (Å²) in [6.07, 6.45) is 6.61. The number of rotatable bonds is 6. The summed E-state index contributed by atoms with van der Waals surface area (Å²) in [5.41, 5.74) is 1.88. The van der Waals surface area contributed by atoms with Crippen molar-refractivity contribution < 1.29 is 19.2 Å². The minimum absolute atomic E-state index is 0.0119. The summed E-state index contributed by atoms with van der Waals surface area (Å²) in [4.78, 5) is 54.8. The molecule has 0 radical (unpaired) electrons. The molecule has 1 saturated carbocycles. The van der Waals surface area contributed by atoms with E-state index in [-0.39, 0.29) is 23.1 Å². The summed E-state index contributed by atoms with van der Waals surface area (Å²) >= 11 is 12.4. The number of hydrogen-bond donors (Lipinski definition) is 2. The van der Waals surface area contributed by atoms with Gasteiger partial charge >= 0.3 is 0 Å². The molecule has 1 aliphatic carbocycles. The van der Waals surface area contributed by atoms with Gasteiger partial charge in [0, 0.05) is 42.8 Å². The topological polar surface area (TPSA) is 117 Å². The normalized spacial score (nSPS) is 26.1. The van der Waals surface area contributed by atoms with Crippen LogP contribution in [0.2, 0.25) is 0 Å². The number of fused-ring (bicyclic) bond motifs is 1. The second-order valence-corrected chi connectivity index (χ2v) is 12.8. The third-order valence-corrected chi connectivity index (χ3v) is 9.68. The molecular weight excluding hydrogens is 555 g/mol. The van der Waals surface area contributed by atoms with Crippen LogP contribution in [-0.2, 0) is 16.1 Å². The molecule has 4 amide bonds. The van der Waals surface area contributed by atoms with Crippen LogP contribution in [0, 0.1) is 5.41 Å². The van der Waals surface area contributed by atoms with Crippen LogP contribution in [0.15, 0.2) is 42.9 Å². The Morgan fingerprint density at radius 2 is 1.90 bits per heavy atom. The van der Waals surface area contributed by atoms with E-state index in [1.165, 1.54) is 0 Å². The molecule has 0 bridgehead atoms. The zero-order valence-corrected chi connectivity index (χ0v) is 23.6. The molecule has 10 nitrogen and oxygen atoms in total.